The lowest BCUT2D eigenvalue weighted by Gasteiger charge is -2.14. The van der Waals surface area contributed by atoms with Crippen molar-refractivity contribution in [1.82, 2.24) is 0 Å². The largest absolute Gasteiger partial charge is 0.481 e. The van der Waals surface area contributed by atoms with Gasteiger partial charge in [-0.05, 0) is 52.5 Å². The molecule has 0 aliphatic carbocycles. The smallest absolute Gasteiger partial charge is 0.303 e. The van der Waals surface area contributed by atoms with Crippen molar-refractivity contribution < 1.29 is 14.3 Å². The molecule has 5 heteroatoms. The Morgan fingerprint density at radius 1 is 1.62 bits per heavy atom. The second-order valence-corrected chi connectivity index (χ2v) is 4.52. The van der Waals surface area contributed by atoms with Gasteiger partial charge in [-0.1, -0.05) is 0 Å². The highest BCUT2D eigenvalue weighted by atomic mass is 79.9. The zero-order valence-corrected chi connectivity index (χ0v) is 10.4. The summed E-state index contributed by atoms with van der Waals surface area (Å²) in [5.41, 5.74) is 7.36. The third-order valence-corrected chi connectivity index (χ3v) is 2.99. The van der Waals surface area contributed by atoms with Crippen LogP contribution in [0.3, 0.4) is 0 Å². The second kappa shape index (κ2) is 5.41. The van der Waals surface area contributed by atoms with Gasteiger partial charge in [0.15, 0.2) is 0 Å². The standard InChI is InChI=1S/C11H13BrFNO2/c1-6-4-9(13)8(12)5-7(6)10(14)2-3-11(15)16/h4-5,10H,2-3,14H2,1H3,(H,15,16). The molecular formula is C11H13BrFNO2. The van der Waals surface area contributed by atoms with Gasteiger partial charge in [0.05, 0.1) is 4.47 Å². The Labute approximate surface area is 102 Å². The fourth-order valence-corrected chi connectivity index (χ4v) is 1.86. The molecule has 0 spiro atoms. The van der Waals surface area contributed by atoms with Gasteiger partial charge in [0.2, 0.25) is 0 Å². The predicted molar refractivity (Wildman–Crippen MR) is 62.6 cm³/mol. The predicted octanol–water partition coefficient (Wildman–Crippen LogP) is 2.76. The number of halogens is 2. The summed E-state index contributed by atoms with van der Waals surface area (Å²) in [7, 11) is 0. The van der Waals surface area contributed by atoms with Crippen LogP contribution in [0, 0.1) is 12.7 Å². The molecule has 1 atom stereocenters. The molecule has 0 radical (unpaired) electrons. The third kappa shape index (κ3) is 3.28. The van der Waals surface area contributed by atoms with Crippen molar-refractivity contribution in [2.45, 2.75) is 25.8 Å². The van der Waals surface area contributed by atoms with E-state index in [4.69, 9.17) is 10.8 Å². The highest BCUT2D eigenvalue weighted by Gasteiger charge is 2.13. The topological polar surface area (TPSA) is 63.3 Å². The molecule has 1 aromatic carbocycles. The van der Waals surface area contributed by atoms with Gasteiger partial charge in [0, 0.05) is 12.5 Å². The summed E-state index contributed by atoms with van der Waals surface area (Å²) in [6, 6.07) is 2.62. The fraction of sp³-hybridized carbons (Fsp3) is 0.364. The Balaban J connectivity index is 2.86. The Bertz CT molecular complexity index is 409. The number of aliphatic carboxylic acids is 1. The van der Waals surface area contributed by atoms with Gasteiger partial charge in [-0.2, -0.15) is 0 Å². The molecular weight excluding hydrogens is 277 g/mol. The molecule has 3 N–H and O–H groups in total. The molecule has 0 aromatic heterocycles. The molecule has 1 aromatic rings. The van der Waals surface area contributed by atoms with Crippen LogP contribution < -0.4 is 5.73 Å². The number of carboxylic acid groups (broad SMARTS) is 1. The van der Waals surface area contributed by atoms with Gasteiger partial charge in [0.25, 0.3) is 0 Å². The molecule has 16 heavy (non-hydrogen) atoms. The Kier molecular flexibility index (Phi) is 4.44. The van der Waals surface area contributed by atoms with E-state index in [0.717, 1.165) is 11.1 Å². The minimum absolute atomic E-state index is 0.00953. The van der Waals surface area contributed by atoms with E-state index < -0.39 is 5.97 Å². The van der Waals surface area contributed by atoms with Gasteiger partial charge < -0.3 is 10.8 Å². The molecule has 88 valence electrons. The molecule has 0 bridgehead atoms. The molecule has 0 saturated carbocycles. The first-order valence-electron chi connectivity index (χ1n) is 4.84. The molecule has 0 aliphatic rings. The van der Waals surface area contributed by atoms with Crippen molar-refractivity contribution in [2.24, 2.45) is 5.73 Å². The lowest BCUT2D eigenvalue weighted by atomic mass is 9.98. The monoisotopic (exact) mass is 289 g/mol. The van der Waals surface area contributed by atoms with E-state index in [9.17, 15) is 9.18 Å². The number of aryl methyl sites for hydroxylation is 1. The Morgan fingerprint density at radius 3 is 2.81 bits per heavy atom. The molecule has 0 amide bonds. The molecule has 0 saturated heterocycles. The second-order valence-electron chi connectivity index (χ2n) is 3.66. The fourth-order valence-electron chi connectivity index (χ4n) is 1.50. The number of hydrogen-bond acceptors (Lipinski definition) is 2. The number of carbonyl (C=O) groups is 1. The van der Waals surface area contributed by atoms with Crippen molar-refractivity contribution >= 4 is 21.9 Å². The average Bonchev–Trinajstić information content (AvgIpc) is 2.20. The number of hydrogen-bond donors (Lipinski definition) is 2. The first-order valence-corrected chi connectivity index (χ1v) is 5.64. The molecule has 0 heterocycles. The van der Waals surface area contributed by atoms with E-state index in [-0.39, 0.29) is 18.3 Å². The molecule has 1 unspecified atom stereocenters. The molecule has 3 nitrogen and oxygen atoms in total. The van der Waals surface area contributed by atoms with Crippen LogP contribution in [0.1, 0.15) is 30.0 Å². The van der Waals surface area contributed by atoms with Crippen LogP contribution in [0.2, 0.25) is 0 Å². The van der Waals surface area contributed by atoms with E-state index in [2.05, 4.69) is 15.9 Å². The summed E-state index contributed by atoms with van der Waals surface area (Å²) in [6.07, 6.45) is 0.351. The van der Waals surface area contributed by atoms with Crippen molar-refractivity contribution in [3.63, 3.8) is 0 Å². The summed E-state index contributed by atoms with van der Waals surface area (Å²) in [5.74, 6) is -1.22. The first-order chi connectivity index (χ1) is 7.41. The van der Waals surface area contributed by atoms with Crippen molar-refractivity contribution in [2.75, 3.05) is 0 Å². The number of nitrogens with two attached hydrogens (primary N) is 1. The SMILES string of the molecule is Cc1cc(F)c(Br)cc1C(N)CCC(=O)O. The summed E-state index contributed by atoms with van der Waals surface area (Å²) < 4.78 is 13.5. The Morgan fingerprint density at radius 2 is 2.25 bits per heavy atom. The number of rotatable bonds is 4. The molecule has 0 aliphatic heterocycles. The van der Waals surface area contributed by atoms with Crippen molar-refractivity contribution in [3.8, 4) is 0 Å². The zero-order valence-electron chi connectivity index (χ0n) is 8.84. The normalized spacial score (nSPS) is 12.5. The van der Waals surface area contributed by atoms with Gasteiger partial charge in [-0.25, -0.2) is 4.39 Å². The van der Waals surface area contributed by atoms with Crippen LogP contribution in [0.5, 0.6) is 0 Å². The summed E-state index contributed by atoms with van der Waals surface area (Å²) >= 11 is 3.08. The highest BCUT2D eigenvalue weighted by Crippen LogP contribution is 2.26. The number of benzene rings is 1. The van der Waals surface area contributed by atoms with E-state index in [0.29, 0.717) is 10.9 Å². The third-order valence-electron chi connectivity index (χ3n) is 2.38. The zero-order chi connectivity index (χ0) is 12.3. The maximum absolute atomic E-state index is 13.2. The van der Waals surface area contributed by atoms with E-state index in [1.807, 2.05) is 0 Å². The highest BCUT2D eigenvalue weighted by molar-refractivity contribution is 9.10. The van der Waals surface area contributed by atoms with Crippen molar-refractivity contribution in [3.05, 3.63) is 33.5 Å². The van der Waals surface area contributed by atoms with Crippen LogP contribution >= 0.6 is 15.9 Å². The molecule has 1 rings (SSSR count). The lowest BCUT2D eigenvalue weighted by Crippen LogP contribution is -2.14. The van der Waals surface area contributed by atoms with Crippen LogP contribution in [-0.2, 0) is 4.79 Å². The Hall–Kier alpha value is -0.940. The van der Waals surface area contributed by atoms with Crippen molar-refractivity contribution in [1.29, 1.82) is 0 Å². The minimum Gasteiger partial charge on any atom is -0.481 e. The summed E-state index contributed by atoms with van der Waals surface area (Å²) in [5, 5.41) is 8.55. The van der Waals surface area contributed by atoms with Crippen LogP contribution in [0.25, 0.3) is 0 Å². The lowest BCUT2D eigenvalue weighted by molar-refractivity contribution is -0.137. The van der Waals surface area contributed by atoms with Crippen LogP contribution in [-0.4, -0.2) is 11.1 Å². The van der Waals surface area contributed by atoms with Gasteiger partial charge >= 0.3 is 5.97 Å². The summed E-state index contributed by atoms with van der Waals surface area (Å²) in [6.45, 7) is 1.76. The average molecular weight is 290 g/mol. The first kappa shape index (κ1) is 13.1. The number of carboxylic acids is 1. The van der Waals surface area contributed by atoms with E-state index in [1.54, 1.807) is 13.0 Å². The van der Waals surface area contributed by atoms with E-state index >= 15 is 0 Å². The van der Waals surface area contributed by atoms with Crippen LogP contribution in [0.4, 0.5) is 4.39 Å². The maximum atomic E-state index is 13.2. The van der Waals surface area contributed by atoms with Gasteiger partial charge in [0.1, 0.15) is 5.82 Å². The minimum atomic E-state index is -0.880. The maximum Gasteiger partial charge on any atom is 0.303 e. The van der Waals surface area contributed by atoms with E-state index in [1.165, 1.54) is 6.07 Å². The molecule has 0 fully saturated rings. The summed E-state index contributed by atoms with van der Waals surface area (Å²) in [4.78, 5) is 10.4. The van der Waals surface area contributed by atoms with Crippen LogP contribution in [0.15, 0.2) is 16.6 Å². The quantitative estimate of drug-likeness (QED) is 0.896. The van der Waals surface area contributed by atoms with Gasteiger partial charge in [-0.3, -0.25) is 4.79 Å². The van der Waals surface area contributed by atoms with Gasteiger partial charge in [-0.15, -0.1) is 0 Å².